The monoisotopic (exact) mass is 298 g/mol. The highest BCUT2D eigenvalue weighted by Crippen LogP contribution is 2.27. The summed E-state index contributed by atoms with van der Waals surface area (Å²) in [5.74, 6) is 0.702. The molecule has 0 radical (unpaired) electrons. The topological polar surface area (TPSA) is 43.6 Å². The lowest BCUT2D eigenvalue weighted by atomic mass is 10.1. The molecule has 0 atom stereocenters. The van der Waals surface area contributed by atoms with E-state index in [0.29, 0.717) is 5.82 Å². The molecule has 0 saturated heterocycles. The third-order valence-electron chi connectivity index (χ3n) is 3.62. The van der Waals surface area contributed by atoms with Crippen LogP contribution in [0.3, 0.4) is 0 Å². The minimum atomic E-state index is 0.702. The van der Waals surface area contributed by atoms with E-state index >= 15 is 0 Å². The molecule has 0 N–H and O–H groups in total. The van der Waals surface area contributed by atoms with Gasteiger partial charge in [0.25, 0.3) is 0 Å². The molecule has 0 aliphatic rings. The lowest BCUT2D eigenvalue weighted by Gasteiger charge is -2.05. The van der Waals surface area contributed by atoms with Gasteiger partial charge in [-0.15, -0.1) is 0 Å². The van der Waals surface area contributed by atoms with Crippen molar-refractivity contribution in [3.05, 3.63) is 85.3 Å². The number of benzene rings is 2. The Kier molecular flexibility index (Phi) is 3.41. The smallest absolute Gasteiger partial charge is 0.172 e. The third kappa shape index (κ3) is 2.62. The normalized spacial score (nSPS) is 10.6. The van der Waals surface area contributed by atoms with E-state index in [-0.39, 0.29) is 0 Å². The van der Waals surface area contributed by atoms with Gasteiger partial charge in [0.15, 0.2) is 5.82 Å². The molecule has 4 aromatic rings. The van der Waals surface area contributed by atoms with Gasteiger partial charge in [0.2, 0.25) is 0 Å². The standard InChI is InChI=1S/C19H14N4/c1-3-7-15(8-4-1)17-13-18(16-9-5-2-6-10-16)23(22-17)19-14-20-11-12-21-19/h1-14H. The number of hydrogen-bond acceptors (Lipinski definition) is 3. The van der Waals surface area contributed by atoms with Gasteiger partial charge < -0.3 is 0 Å². The van der Waals surface area contributed by atoms with Crippen molar-refractivity contribution in [1.82, 2.24) is 19.7 Å². The lowest BCUT2D eigenvalue weighted by Crippen LogP contribution is -2.02. The van der Waals surface area contributed by atoms with E-state index in [0.717, 1.165) is 22.5 Å². The van der Waals surface area contributed by atoms with Crippen LogP contribution in [-0.2, 0) is 0 Å². The molecule has 2 aromatic carbocycles. The van der Waals surface area contributed by atoms with Gasteiger partial charge in [0.05, 0.1) is 17.6 Å². The molecule has 4 heteroatoms. The predicted octanol–water partition coefficient (Wildman–Crippen LogP) is 4.00. The Morgan fingerprint density at radius 3 is 2.09 bits per heavy atom. The number of aromatic nitrogens is 4. The Balaban J connectivity index is 1.91. The lowest BCUT2D eigenvalue weighted by molar-refractivity contribution is 0.848. The summed E-state index contributed by atoms with van der Waals surface area (Å²) in [6.45, 7) is 0. The van der Waals surface area contributed by atoms with Crippen LogP contribution in [0.2, 0.25) is 0 Å². The molecule has 0 aliphatic carbocycles. The molecule has 0 fully saturated rings. The molecule has 0 aliphatic heterocycles. The molecule has 2 heterocycles. The van der Waals surface area contributed by atoms with E-state index in [1.165, 1.54) is 0 Å². The summed E-state index contributed by atoms with van der Waals surface area (Å²) in [6, 6.07) is 22.4. The van der Waals surface area contributed by atoms with Crippen molar-refractivity contribution in [1.29, 1.82) is 0 Å². The Hall–Kier alpha value is -3.27. The summed E-state index contributed by atoms with van der Waals surface area (Å²) < 4.78 is 1.84. The number of nitrogens with zero attached hydrogens (tertiary/aromatic N) is 4. The minimum absolute atomic E-state index is 0.702. The van der Waals surface area contributed by atoms with Crippen LogP contribution in [0.5, 0.6) is 0 Å². The fourth-order valence-corrected chi connectivity index (χ4v) is 2.52. The molecule has 0 bridgehead atoms. The summed E-state index contributed by atoms with van der Waals surface area (Å²) in [7, 11) is 0. The third-order valence-corrected chi connectivity index (χ3v) is 3.62. The van der Waals surface area contributed by atoms with Gasteiger partial charge in [0.1, 0.15) is 0 Å². The van der Waals surface area contributed by atoms with Crippen molar-refractivity contribution in [2.75, 3.05) is 0 Å². The molecule has 4 rings (SSSR count). The van der Waals surface area contributed by atoms with Crippen molar-refractivity contribution in [2.24, 2.45) is 0 Å². The molecule has 0 spiro atoms. The van der Waals surface area contributed by atoms with Crippen molar-refractivity contribution >= 4 is 0 Å². The van der Waals surface area contributed by atoms with Gasteiger partial charge in [-0.1, -0.05) is 60.7 Å². The zero-order valence-corrected chi connectivity index (χ0v) is 12.4. The minimum Gasteiger partial charge on any atom is -0.259 e. The largest absolute Gasteiger partial charge is 0.259 e. The maximum Gasteiger partial charge on any atom is 0.172 e. The summed E-state index contributed by atoms with van der Waals surface area (Å²) >= 11 is 0. The van der Waals surface area contributed by atoms with Crippen LogP contribution in [0.1, 0.15) is 0 Å². The predicted molar refractivity (Wildman–Crippen MR) is 90.0 cm³/mol. The molecule has 2 aromatic heterocycles. The fourth-order valence-electron chi connectivity index (χ4n) is 2.52. The first-order chi connectivity index (χ1) is 11.4. The zero-order chi connectivity index (χ0) is 15.5. The Morgan fingerprint density at radius 1 is 0.739 bits per heavy atom. The molecular weight excluding hydrogens is 284 g/mol. The second kappa shape index (κ2) is 5.85. The zero-order valence-electron chi connectivity index (χ0n) is 12.4. The number of hydrogen-bond donors (Lipinski definition) is 0. The summed E-state index contributed by atoms with van der Waals surface area (Å²) in [4.78, 5) is 8.53. The molecule has 110 valence electrons. The first kappa shape index (κ1) is 13.4. The molecular formula is C19H14N4. The Bertz CT molecular complexity index is 843. The van der Waals surface area contributed by atoms with Crippen LogP contribution < -0.4 is 0 Å². The Morgan fingerprint density at radius 2 is 1.43 bits per heavy atom. The molecule has 0 unspecified atom stereocenters. The Labute approximate surface area is 134 Å². The van der Waals surface area contributed by atoms with E-state index in [2.05, 4.69) is 40.3 Å². The van der Waals surface area contributed by atoms with Crippen molar-refractivity contribution < 1.29 is 0 Å². The summed E-state index contributed by atoms with van der Waals surface area (Å²) in [5, 5.41) is 4.74. The van der Waals surface area contributed by atoms with Crippen LogP contribution in [0.15, 0.2) is 85.3 Å². The summed E-state index contributed by atoms with van der Waals surface area (Å²) in [6.07, 6.45) is 5.05. The van der Waals surface area contributed by atoms with Gasteiger partial charge in [-0.25, -0.2) is 9.67 Å². The first-order valence-electron chi connectivity index (χ1n) is 7.39. The molecule has 4 nitrogen and oxygen atoms in total. The van der Waals surface area contributed by atoms with Crippen LogP contribution in [0, 0.1) is 0 Å². The second-order valence-corrected chi connectivity index (χ2v) is 5.12. The highest BCUT2D eigenvalue weighted by molar-refractivity contribution is 5.70. The van der Waals surface area contributed by atoms with Crippen LogP contribution >= 0.6 is 0 Å². The van der Waals surface area contributed by atoms with Gasteiger partial charge in [-0.3, -0.25) is 4.98 Å². The van der Waals surface area contributed by atoms with Crippen LogP contribution in [-0.4, -0.2) is 19.7 Å². The maximum absolute atomic E-state index is 4.74. The van der Waals surface area contributed by atoms with E-state index in [1.807, 2.05) is 41.1 Å². The maximum atomic E-state index is 4.74. The van der Waals surface area contributed by atoms with Crippen LogP contribution in [0.25, 0.3) is 28.3 Å². The van der Waals surface area contributed by atoms with E-state index in [4.69, 9.17) is 5.10 Å². The highest BCUT2D eigenvalue weighted by Gasteiger charge is 2.13. The van der Waals surface area contributed by atoms with Gasteiger partial charge in [-0.05, 0) is 6.07 Å². The fraction of sp³-hybridized carbons (Fsp3) is 0. The molecule has 0 amide bonds. The van der Waals surface area contributed by atoms with E-state index in [9.17, 15) is 0 Å². The highest BCUT2D eigenvalue weighted by atomic mass is 15.3. The van der Waals surface area contributed by atoms with Gasteiger partial charge >= 0.3 is 0 Å². The second-order valence-electron chi connectivity index (χ2n) is 5.12. The van der Waals surface area contributed by atoms with Crippen molar-refractivity contribution in [3.8, 4) is 28.3 Å². The first-order valence-corrected chi connectivity index (χ1v) is 7.39. The van der Waals surface area contributed by atoms with Crippen molar-refractivity contribution in [3.63, 3.8) is 0 Å². The molecule has 0 saturated carbocycles. The van der Waals surface area contributed by atoms with E-state index < -0.39 is 0 Å². The average Bonchev–Trinajstić information content (AvgIpc) is 3.09. The van der Waals surface area contributed by atoms with E-state index in [1.54, 1.807) is 18.6 Å². The molecule has 23 heavy (non-hydrogen) atoms. The number of rotatable bonds is 3. The van der Waals surface area contributed by atoms with Gasteiger partial charge in [0, 0.05) is 23.5 Å². The van der Waals surface area contributed by atoms with Gasteiger partial charge in [-0.2, -0.15) is 5.10 Å². The quantitative estimate of drug-likeness (QED) is 0.574. The van der Waals surface area contributed by atoms with Crippen molar-refractivity contribution in [2.45, 2.75) is 0 Å². The summed E-state index contributed by atoms with van der Waals surface area (Å²) in [5.41, 5.74) is 4.07. The average molecular weight is 298 g/mol. The van der Waals surface area contributed by atoms with Crippen LogP contribution in [0.4, 0.5) is 0 Å². The SMILES string of the molecule is c1ccc(-c2cc(-c3ccccc3)n(-c3cnccn3)n2)cc1.